The Kier molecular flexibility index (Phi) is 2.10. The van der Waals surface area contributed by atoms with Crippen molar-refractivity contribution in [2.24, 2.45) is 28.6 Å². The molecular weight excluding hydrogens is 196 g/mol. The summed E-state index contributed by atoms with van der Waals surface area (Å²) >= 11 is 0. The summed E-state index contributed by atoms with van der Waals surface area (Å²) in [5, 5.41) is 0. The molecule has 3 fully saturated rings. The molecule has 0 bridgehead atoms. The van der Waals surface area contributed by atoms with E-state index in [-0.39, 0.29) is 5.41 Å². The molecule has 16 heavy (non-hydrogen) atoms. The van der Waals surface area contributed by atoms with Gasteiger partial charge in [0.05, 0.1) is 0 Å². The Hall–Kier alpha value is -0.330. The van der Waals surface area contributed by atoms with Crippen LogP contribution in [0.1, 0.15) is 59.3 Å². The van der Waals surface area contributed by atoms with Gasteiger partial charge in [-0.25, -0.2) is 0 Å². The Morgan fingerprint density at radius 1 is 1.25 bits per heavy atom. The molecule has 1 heteroatoms. The van der Waals surface area contributed by atoms with E-state index >= 15 is 0 Å². The summed E-state index contributed by atoms with van der Waals surface area (Å²) in [6.07, 6.45) is 7.24. The molecule has 1 spiro atoms. The van der Waals surface area contributed by atoms with Crippen LogP contribution in [0.3, 0.4) is 0 Å². The Morgan fingerprint density at radius 3 is 2.62 bits per heavy atom. The fraction of sp³-hybridized carbons (Fsp3) is 0.933. The molecule has 3 aliphatic rings. The van der Waals surface area contributed by atoms with Gasteiger partial charge in [-0.1, -0.05) is 27.2 Å². The van der Waals surface area contributed by atoms with Crippen molar-refractivity contribution in [1.29, 1.82) is 0 Å². The average molecular weight is 220 g/mol. The second kappa shape index (κ2) is 3.11. The number of ketones is 1. The summed E-state index contributed by atoms with van der Waals surface area (Å²) < 4.78 is 0. The highest BCUT2D eigenvalue weighted by atomic mass is 16.1. The van der Waals surface area contributed by atoms with Crippen LogP contribution in [-0.2, 0) is 4.79 Å². The van der Waals surface area contributed by atoms with E-state index in [4.69, 9.17) is 0 Å². The van der Waals surface area contributed by atoms with E-state index in [1.165, 1.54) is 25.7 Å². The van der Waals surface area contributed by atoms with E-state index in [2.05, 4.69) is 20.8 Å². The highest BCUT2D eigenvalue weighted by Crippen LogP contribution is 2.68. The molecule has 90 valence electrons. The minimum Gasteiger partial charge on any atom is -0.299 e. The fourth-order valence-electron chi connectivity index (χ4n) is 5.13. The Labute approximate surface area is 99.0 Å². The van der Waals surface area contributed by atoms with E-state index < -0.39 is 0 Å². The van der Waals surface area contributed by atoms with Crippen LogP contribution in [0.5, 0.6) is 0 Å². The first kappa shape index (κ1) is 10.8. The molecule has 0 unspecified atom stereocenters. The number of hydrogen-bond acceptors (Lipinski definition) is 1. The van der Waals surface area contributed by atoms with E-state index in [1.54, 1.807) is 0 Å². The van der Waals surface area contributed by atoms with Gasteiger partial charge in [-0.05, 0) is 48.9 Å². The SMILES string of the molecule is CC(C)(C)[C@H]1CCC(=O)[C@@]23CCC[C@@H]2C[C@@H]13. The van der Waals surface area contributed by atoms with Gasteiger partial charge in [-0.2, -0.15) is 0 Å². The van der Waals surface area contributed by atoms with E-state index in [0.717, 1.165) is 30.6 Å². The zero-order valence-corrected chi connectivity index (χ0v) is 10.9. The maximum Gasteiger partial charge on any atom is 0.139 e. The second-order valence-corrected chi connectivity index (χ2v) is 7.41. The maximum absolute atomic E-state index is 12.3. The molecule has 0 aromatic heterocycles. The molecule has 0 aromatic rings. The molecule has 3 aliphatic carbocycles. The first-order valence-corrected chi connectivity index (χ1v) is 6.99. The number of Topliss-reactive ketones (excluding diaryl/α,β-unsaturated/α-hetero) is 1. The smallest absolute Gasteiger partial charge is 0.139 e. The standard InChI is InChI=1S/C15H24O/c1-14(2,3)11-6-7-13(16)15-8-4-5-10(15)9-12(11)15/h10-12H,4-9H2,1-3H3/t10-,11+,12+,15+/m1/s1. The minimum atomic E-state index is 0.177. The zero-order chi connectivity index (χ0) is 11.6. The van der Waals surface area contributed by atoms with E-state index in [0.29, 0.717) is 11.2 Å². The Morgan fingerprint density at radius 2 is 2.00 bits per heavy atom. The van der Waals surface area contributed by atoms with Crippen LogP contribution in [0.15, 0.2) is 0 Å². The lowest BCUT2D eigenvalue weighted by atomic mass is 9.43. The molecule has 0 aliphatic heterocycles. The van der Waals surface area contributed by atoms with Crippen LogP contribution < -0.4 is 0 Å². The first-order chi connectivity index (χ1) is 7.46. The topological polar surface area (TPSA) is 17.1 Å². The third kappa shape index (κ3) is 1.15. The lowest BCUT2D eigenvalue weighted by Crippen LogP contribution is -2.59. The molecule has 0 aromatic carbocycles. The van der Waals surface area contributed by atoms with Gasteiger partial charge in [0.15, 0.2) is 0 Å². The summed E-state index contributed by atoms with van der Waals surface area (Å²) in [5.41, 5.74) is 0.572. The van der Waals surface area contributed by atoms with E-state index in [9.17, 15) is 4.79 Å². The lowest BCUT2D eigenvalue weighted by Gasteiger charge is -2.60. The summed E-state index contributed by atoms with van der Waals surface area (Å²) in [4.78, 5) is 12.3. The second-order valence-electron chi connectivity index (χ2n) is 7.41. The van der Waals surface area contributed by atoms with Gasteiger partial charge < -0.3 is 0 Å². The summed E-state index contributed by atoms with van der Waals surface area (Å²) in [7, 11) is 0. The average Bonchev–Trinajstić information content (AvgIpc) is 2.43. The van der Waals surface area contributed by atoms with Crippen LogP contribution in [0.4, 0.5) is 0 Å². The molecule has 3 saturated carbocycles. The number of carbonyl (C=O) groups excluding carboxylic acids is 1. The highest BCUT2D eigenvalue weighted by molar-refractivity contribution is 5.88. The molecule has 1 nitrogen and oxygen atoms in total. The van der Waals surface area contributed by atoms with E-state index in [1.807, 2.05) is 0 Å². The molecule has 3 rings (SSSR count). The van der Waals surface area contributed by atoms with Gasteiger partial charge in [0.1, 0.15) is 5.78 Å². The highest BCUT2D eigenvalue weighted by Gasteiger charge is 2.65. The summed E-state index contributed by atoms with van der Waals surface area (Å²) in [5.74, 6) is 2.93. The van der Waals surface area contributed by atoms with Crippen molar-refractivity contribution in [2.45, 2.75) is 59.3 Å². The Bertz CT molecular complexity index is 325. The molecule has 0 amide bonds. The molecule has 0 saturated heterocycles. The van der Waals surface area contributed by atoms with Crippen LogP contribution in [0, 0.1) is 28.6 Å². The van der Waals surface area contributed by atoms with Crippen LogP contribution in [0.25, 0.3) is 0 Å². The molecule has 0 radical (unpaired) electrons. The normalized spacial score (nSPS) is 47.2. The van der Waals surface area contributed by atoms with Crippen LogP contribution in [-0.4, -0.2) is 5.78 Å². The van der Waals surface area contributed by atoms with Crippen molar-refractivity contribution in [2.75, 3.05) is 0 Å². The van der Waals surface area contributed by atoms with Crippen LogP contribution in [0.2, 0.25) is 0 Å². The van der Waals surface area contributed by atoms with Gasteiger partial charge in [0.25, 0.3) is 0 Å². The zero-order valence-electron chi connectivity index (χ0n) is 10.9. The number of rotatable bonds is 0. The molecule has 4 atom stereocenters. The van der Waals surface area contributed by atoms with Gasteiger partial charge in [0.2, 0.25) is 0 Å². The summed E-state index contributed by atoms with van der Waals surface area (Å²) in [6, 6.07) is 0. The largest absolute Gasteiger partial charge is 0.299 e. The fourth-order valence-corrected chi connectivity index (χ4v) is 5.13. The first-order valence-electron chi connectivity index (χ1n) is 6.99. The third-order valence-electron chi connectivity index (χ3n) is 5.87. The van der Waals surface area contributed by atoms with Crippen LogP contribution >= 0.6 is 0 Å². The minimum absolute atomic E-state index is 0.177. The van der Waals surface area contributed by atoms with Crippen molar-refractivity contribution >= 4 is 5.78 Å². The van der Waals surface area contributed by atoms with Crippen molar-refractivity contribution in [1.82, 2.24) is 0 Å². The molecular formula is C15H24O. The predicted octanol–water partition coefficient (Wildman–Crippen LogP) is 3.82. The maximum atomic E-state index is 12.3. The van der Waals surface area contributed by atoms with Gasteiger partial charge >= 0.3 is 0 Å². The monoisotopic (exact) mass is 220 g/mol. The van der Waals surface area contributed by atoms with Crippen molar-refractivity contribution in [3.8, 4) is 0 Å². The van der Waals surface area contributed by atoms with Crippen molar-refractivity contribution in [3.05, 3.63) is 0 Å². The lowest BCUT2D eigenvalue weighted by molar-refractivity contribution is -0.165. The van der Waals surface area contributed by atoms with Crippen molar-refractivity contribution in [3.63, 3.8) is 0 Å². The van der Waals surface area contributed by atoms with Gasteiger partial charge in [-0.15, -0.1) is 0 Å². The molecule has 0 N–H and O–H groups in total. The predicted molar refractivity (Wildman–Crippen MR) is 65.1 cm³/mol. The van der Waals surface area contributed by atoms with Gasteiger partial charge in [-0.3, -0.25) is 4.79 Å². The molecule has 0 heterocycles. The van der Waals surface area contributed by atoms with Gasteiger partial charge in [0, 0.05) is 11.8 Å². The quantitative estimate of drug-likeness (QED) is 0.606. The summed E-state index contributed by atoms with van der Waals surface area (Å²) in [6.45, 7) is 7.09. The number of carbonyl (C=O) groups is 1. The Balaban J connectivity index is 1.92. The third-order valence-corrected chi connectivity index (χ3v) is 5.87. The number of hydrogen-bond donors (Lipinski definition) is 0. The van der Waals surface area contributed by atoms with Crippen molar-refractivity contribution < 1.29 is 4.79 Å².